The van der Waals surface area contributed by atoms with Gasteiger partial charge in [-0.25, -0.2) is 12.8 Å². The number of nitrogens with one attached hydrogen (secondary N) is 1. The third-order valence-electron chi connectivity index (χ3n) is 3.39. The number of aryl methyl sites for hydroxylation is 1. The van der Waals surface area contributed by atoms with Crippen LogP contribution in [0.3, 0.4) is 0 Å². The second-order valence-electron chi connectivity index (χ2n) is 4.95. The number of hydrogen-bond acceptors (Lipinski definition) is 5. The molecule has 8 heteroatoms. The van der Waals surface area contributed by atoms with Crippen molar-refractivity contribution in [3.8, 4) is 0 Å². The van der Waals surface area contributed by atoms with Crippen LogP contribution in [0.25, 0.3) is 0 Å². The minimum absolute atomic E-state index is 0.0681. The number of halogens is 1. The molecule has 1 fully saturated rings. The van der Waals surface area contributed by atoms with Crippen molar-refractivity contribution in [2.45, 2.75) is 25.8 Å². The zero-order chi connectivity index (χ0) is 14.9. The highest BCUT2D eigenvalue weighted by Crippen LogP contribution is 2.29. The fraction of sp³-hybridized carbons (Fsp3) is 0.500. The molecule has 1 aromatic rings. The zero-order valence-electron chi connectivity index (χ0n) is 10.9. The van der Waals surface area contributed by atoms with Gasteiger partial charge in [-0.15, -0.1) is 0 Å². The van der Waals surface area contributed by atoms with E-state index in [2.05, 4.69) is 5.32 Å². The van der Waals surface area contributed by atoms with Gasteiger partial charge in [0.25, 0.3) is 5.69 Å². The lowest BCUT2D eigenvalue weighted by atomic mass is 10.1. The third kappa shape index (κ3) is 3.24. The maximum absolute atomic E-state index is 13.4. The summed E-state index contributed by atoms with van der Waals surface area (Å²) in [7, 11) is -2.98. The van der Waals surface area contributed by atoms with Gasteiger partial charge in [0.2, 0.25) is 0 Å². The topological polar surface area (TPSA) is 89.3 Å². The van der Waals surface area contributed by atoms with Crippen LogP contribution in [-0.4, -0.2) is 30.9 Å². The van der Waals surface area contributed by atoms with Crippen molar-refractivity contribution >= 4 is 21.2 Å². The molecular weight excluding hydrogens is 287 g/mol. The van der Waals surface area contributed by atoms with Crippen LogP contribution in [0.5, 0.6) is 0 Å². The van der Waals surface area contributed by atoms with Crippen molar-refractivity contribution in [2.24, 2.45) is 0 Å². The van der Waals surface area contributed by atoms with E-state index in [1.165, 1.54) is 13.0 Å². The SMILES string of the molecule is Cc1cc(NC2CCS(=O)(=O)CC2)c([N+](=O)[O-])cc1F. The Hall–Kier alpha value is -1.70. The summed E-state index contributed by atoms with van der Waals surface area (Å²) in [4.78, 5) is 10.3. The first-order valence-electron chi connectivity index (χ1n) is 6.20. The molecule has 1 aliphatic rings. The van der Waals surface area contributed by atoms with E-state index in [1.54, 1.807) is 0 Å². The van der Waals surface area contributed by atoms with Crippen LogP contribution in [0.4, 0.5) is 15.8 Å². The van der Waals surface area contributed by atoms with Crippen LogP contribution in [0.1, 0.15) is 18.4 Å². The highest BCUT2D eigenvalue weighted by atomic mass is 32.2. The number of hydrogen-bond donors (Lipinski definition) is 1. The molecular formula is C12H15FN2O4S. The van der Waals surface area contributed by atoms with E-state index in [0.29, 0.717) is 18.4 Å². The molecule has 1 N–H and O–H groups in total. The van der Waals surface area contributed by atoms with Crippen molar-refractivity contribution in [3.63, 3.8) is 0 Å². The summed E-state index contributed by atoms with van der Waals surface area (Å²) in [6, 6.07) is 2.12. The normalized spacial score (nSPS) is 18.7. The fourth-order valence-electron chi connectivity index (χ4n) is 2.19. The van der Waals surface area contributed by atoms with E-state index in [9.17, 15) is 22.9 Å². The first kappa shape index (κ1) is 14.7. The highest BCUT2D eigenvalue weighted by molar-refractivity contribution is 7.91. The summed E-state index contributed by atoms with van der Waals surface area (Å²) in [5, 5.41) is 13.9. The van der Waals surface area contributed by atoms with E-state index in [1.807, 2.05) is 0 Å². The molecule has 0 aliphatic carbocycles. The van der Waals surface area contributed by atoms with Crippen LogP contribution >= 0.6 is 0 Å². The Kier molecular flexibility index (Phi) is 3.94. The van der Waals surface area contributed by atoms with Crippen LogP contribution in [-0.2, 0) is 9.84 Å². The molecule has 6 nitrogen and oxygen atoms in total. The Morgan fingerprint density at radius 1 is 1.35 bits per heavy atom. The third-order valence-corrected chi connectivity index (χ3v) is 5.10. The molecule has 0 atom stereocenters. The first-order valence-corrected chi connectivity index (χ1v) is 8.02. The van der Waals surface area contributed by atoms with Crippen molar-refractivity contribution in [2.75, 3.05) is 16.8 Å². The number of nitro groups is 1. The molecule has 1 heterocycles. The van der Waals surface area contributed by atoms with Crippen LogP contribution in [0, 0.1) is 22.9 Å². The lowest BCUT2D eigenvalue weighted by Crippen LogP contribution is -2.32. The van der Waals surface area contributed by atoms with Crippen molar-refractivity contribution in [3.05, 3.63) is 33.6 Å². The van der Waals surface area contributed by atoms with E-state index < -0.39 is 20.6 Å². The molecule has 1 aliphatic heterocycles. The lowest BCUT2D eigenvalue weighted by Gasteiger charge is -2.24. The van der Waals surface area contributed by atoms with E-state index in [4.69, 9.17) is 0 Å². The fourth-order valence-corrected chi connectivity index (χ4v) is 3.68. The minimum Gasteiger partial charge on any atom is -0.377 e. The Labute approximate surface area is 116 Å². The number of benzene rings is 1. The Balaban J connectivity index is 2.21. The van der Waals surface area contributed by atoms with Gasteiger partial charge in [0.05, 0.1) is 22.5 Å². The quantitative estimate of drug-likeness (QED) is 0.681. The van der Waals surface area contributed by atoms with Crippen molar-refractivity contribution < 1.29 is 17.7 Å². The molecule has 1 saturated heterocycles. The van der Waals surface area contributed by atoms with Crippen LogP contribution in [0.2, 0.25) is 0 Å². The van der Waals surface area contributed by atoms with Crippen molar-refractivity contribution in [1.82, 2.24) is 0 Å². The zero-order valence-corrected chi connectivity index (χ0v) is 11.7. The Morgan fingerprint density at radius 2 is 1.95 bits per heavy atom. The lowest BCUT2D eigenvalue weighted by molar-refractivity contribution is -0.384. The van der Waals surface area contributed by atoms with E-state index in [0.717, 1.165) is 6.07 Å². The summed E-state index contributed by atoms with van der Waals surface area (Å²) >= 11 is 0. The predicted molar refractivity (Wildman–Crippen MR) is 73.1 cm³/mol. The summed E-state index contributed by atoms with van der Waals surface area (Å²) in [6.07, 6.45) is 0.797. The standard InChI is InChI=1S/C12H15FN2O4S/c1-8-6-11(12(15(16)17)7-10(8)13)14-9-2-4-20(18,19)5-3-9/h6-7,9,14H,2-5H2,1H3. The molecule has 0 saturated carbocycles. The first-order chi connectivity index (χ1) is 9.28. The number of sulfone groups is 1. The monoisotopic (exact) mass is 302 g/mol. The summed E-state index contributed by atoms with van der Waals surface area (Å²) < 4.78 is 36.1. The minimum atomic E-state index is -2.98. The molecule has 110 valence electrons. The number of anilines is 1. The maximum atomic E-state index is 13.4. The van der Waals surface area contributed by atoms with Gasteiger partial charge in [-0.05, 0) is 31.4 Å². The number of rotatable bonds is 3. The van der Waals surface area contributed by atoms with E-state index in [-0.39, 0.29) is 28.9 Å². The van der Waals surface area contributed by atoms with Gasteiger partial charge in [-0.1, -0.05) is 0 Å². The molecule has 0 aromatic heterocycles. The van der Waals surface area contributed by atoms with Crippen LogP contribution < -0.4 is 5.32 Å². The largest absolute Gasteiger partial charge is 0.377 e. The number of nitrogens with zero attached hydrogens (tertiary/aromatic N) is 1. The smallest absolute Gasteiger partial charge is 0.295 e. The van der Waals surface area contributed by atoms with Crippen LogP contribution in [0.15, 0.2) is 12.1 Å². The van der Waals surface area contributed by atoms with Gasteiger partial charge in [0.15, 0.2) is 0 Å². The second-order valence-corrected chi connectivity index (χ2v) is 7.25. The molecule has 20 heavy (non-hydrogen) atoms. The van der Waals surface area contributed by atoms with Gasteiger partial charge in [0, 0.05) is 6.04 Å². The summed E-state index contributed by atoms with van der Waals surface area (Å²) in [6.45, 7) is 1.52. The predicted octanol–water partition coefficient (Wildman–Crippen LogP) is 2.03. The molecule has 0 spiro atoms. The number of nitro benzene ring substituents is 1. The highest BCUT2D eigenvalue weighted by Gasteiger charge is 2.26. The summed E-state index contributed by atoms with van der Waals surface area (Å²) in [5.74, 6) is -0.495. The van der Waals surface area contributed by atoms with Gasteiger partial charge in [0.1, 0.15) is 21.3 Å². The molecule has 0 bridgehead atoms. The van der Waals surface area contributed by atoms with Gasteiger partial charge < -0.3 is 5.32 Å². The van der Waals surface area contributed by atoms with Crippen molar-refractivity contribution in [1.29, 1.82) is 0 Å². The Morgan fingerprint density at radius 3 is 2.50 bits per heavy atom. The van der Waals surface area contributed by atoms with Gasteiger partial charge >= 0.3 is 0 Å². The molecule has 0 unspecified atom stereocenters. The molecule has 2 rings (SSSR count). The van der Waals surface area contributed by atoms with E-state index >= 15 is 0 Å². The molecule has 0 radical (unpaired) electrons. The second kappa shape index (κ2) is 5.35. The van der Waals surface area contributed by atoms with Gasteiger partial charge in [-0.3, -0.25) is 10.1 Å². The van der Waals surface area contributed by atoms with Gasteiger partial charge in [-0.2, -0.15) is 0 Å². The Bertz CT molecular complexity index is 631. The average Bonchev–Trinajstić information content (AvgIpc) is 2.35. The average molecular weight is 302 g/mol. The molecule has 1 aromatic carbocycles. The summed E-state index contributed by atoms with van der Waals surface area (Å²) in [5.41, 5.74) is 0.209. The maximum Gasteiger partial charge on any atom is 0.295 e. The molecule has 0 amide bonds.